The van der Waals surface area contributed by atoms with Gasteiger partial charge in [-0.25, -0.2) is 19.9 Å². The Morgan fingerprint density at radius 2 is 1.95 bits per heavy atom. The quantitative estimate of drug-likeness (QED) is 0.303. The second kappa shape index (κ2) is 9.63. The molecule has 0 radical (unpaired) electrons. The third kappa shape index (κ3) is 4.71. The van der Waals surface area contributed by atoms with Crippen molar-refractivity contribution < 1.29 is 4.39 Å². The highest BCUT2D eigenvalue weighted by atomic mass is 19.1. The van der Waals surface area contributed by atoms with Crippen LogP contribution in [-0.4, -0.2) is 44.1 Å². The standard InChI is InChI=1S/C28H31FN8/c1-28(2)16-30-11-9-22(28)36-27-24-19(17-5-3-6-17)14-31-15-21(24)35-26(37-27)18-8-12-32-23(13-18)34-20-7-4-10-33-25(20)29/h4,7-8,10,12-15,17,22,30H,3,5-6,9,11,16H2,1-2H3,(H,32,34)(H,35,36,37). The van der Waals surface area contributed by atoms with Gasteiger partial charge in [-0.2, -0.15) is 4.39 Å². The Balaban J connectivity index is 1.43. The summed E-state index contributed by atoms with van der Waals surface area (Å²) in [5.41, 5.74) is 3.17. The summed E-state index contributed by atoms with van der Waals surface area (Å²) in [5, 5.41) is 11.4. The summed E-state index contributed by atoms with van der Waals surface area (Å²) in [6.07, 6.45) is 11.5. The van der Waals surface area contributed by atoms with Crippen molar-refractivity contribution in [2.45, 2.75) is 51.5 Å². The lowest BCUT2D eigenvalue weighted by Crippen LogP contribution is -2.49. The number of piperidine rings is 1. The summed E-state index contributed by atoms with van der Waals surface area (Å²) >= 11 is 0. The van der Waals surface area contributed by atoms with Gasteiger partial charge in [-0.05, 0) is 67.0 Å². The molecule has 1 saturated carbocycles. The predicted octanol–water partition coefficient (Wildman–Crippen LogP) is 5.43. The van der Waals surface area contributed by atoms with Gasteiger partial charge in [-0.3, -0.25) is 4.98 Å². The third-order valence-electron chi connectivity index (χ3n) is 7.67. The first-order chi connectivity index (χ1) is 18.0. The maximum atomic E-state index is 14.1. The lowest BCUT2D eigenvalue weighted by Gasteiger charge is -2.40. The molecule has 9 heteroatoms. The number of nitrogens with zero attached hydrogens (tertiary/aromatic N) is 5. The first-order valence-electron chi connectivity index (χ1n) is 12.9. The molecule has 4 aromatic rings. The zero-order valence-corrected chi connectivity index (χ0v) is 21.1. The zero-order valence-electron chi connectivity index (χ0n) is 21.1. The number of pyridine rings is 3. The van der Waals surface area contributed by atoms with Crippen molar-refractivity contribution in [2.24, 2.45) is 5.41 Å². The van der Waals surface area contributed by atoms with E-state index in [1.54, 1.807) is 18.3 Å². The Hall–Kier alpha value is -3.72. The Morgan fingerprint density at radius 1 is 1.05 bits per heavy atom. The predicted molar refractivity (Wildman–Crippen MR) is 143 cm³/mol. The van der Waals surface area contributed by atoms with Crippen LogP contribution >= 0.6 is 0 Å². The lowest BCUT2D eigenvalue weighted by atomic mass is 9.78. The number of hydrogen-bond acceptors (Lipinski definition) is 8. The van der Waals surface area contributed by atoms with Gasteiger partial charge in [0.15, 0.2) is 5.82 Å². The van der Waals surface area contributed by atoms with Gasteiger partial charge < -0.3 is 16.0 Å². The third-order valence-corrected chi connectivity index (χ3v) is 7.67. The molecule has 1 aliphatic heterocycles. The minimum Gasteiger partial charge on any atom is -0.366 e. The number of rotatable bonds is 6. The maximum absolute atomic E-state index is 14.1. The molecule has 37 heavy (non-hydrogen) atoms. The largest absolute Gasteiger partial charge is 0.366 e. The van der Waals surface area contributed by atoms with Crippen molar-refractivity contribution in [3.63, 3.8) is 0 Å². The molecular formula is C28H31FN8. The van der Waals surface area contributed by atoms with Crippen LogP contribution in [0.3, 0.4) is 0 Å². The Kier molecular flexibility index (Phi) is 6.16. The fourth-order valence-corrected chi connectivity index (χ4v) is 5.23. The maximum Gasteiger partial charge on any atom is 0.236 e. The number of nitrogens with one attached hydrogen (secondary N) is 3. The molecule has 1 aliphatic carbocycles. The minimum atomic E-state index is -0.581. The van der Waals surface area contributed by atoms with Gasteiger partial charge in [0.1, 0.15) is 11.6 Å². The van der Waals surface area contributed by atoms with Crippen molar-refractivity contribution in [1.82, 2.24) is 30.2 Å². The molecule has 3 N–H and O–H groups in total. The number of hydrogen-bond donors (Lipinski definition) is 3. The lowest BCUT2D eigenvalue weighted by molar-refractivity contribution is 0.236. The van der Waals surface area contributed by atoms with Crippen LogP contribution in [0, 0.1) is 11.4 Å². The Bertz CT molecular complexity index is 1440. The van der Waals surface area contributed by atoms with Gasteiger partial charge in [-0.15, -0.1) is 0 Å². The highest BCUT2D eigenvalue weighted by molar-refractivity contribution is 5.93. The molecule has 2 aliphatic rings. The van der Waals surface area contributed by atoms with E-state index >= 15 is 0 Å². The van der Waals surface area contributed by atoms with Crippen LogP contribution in [0.5, 0.6) is 0 Å². The van der Waals surface area contributed by atoms with Gasteiger partial charge in [0.05, 0.1) is 17.4 Å². The SMILES string of the molecule is CC1(C)CNCCC1Nc1nc(-c2ccnc(Nc3cccnc3F)c2)nc2cncc(C3CCC3)c12. The van der Waals surface area contributed by atoms with E-state index in [9.17, 15) is 4.39 Å². The summed E-state index contributed by atoms with van der Waals surface area (Å²) in [7, 11) is 0. The van der Waals surface area contributed by atoms with Crippen molar-refractivity contribution in [3.8, 4) is 11.4 Å². The second-order valence-electron chi connectivity index (χ2n) is 10.7. The highest BCUT2D eigenvalue weighted by Crippen LogP contribution is 2.42. The average molecular weight is 499 g/mol. The van der Waals surface area contributed by atoms with Gasteiger partial charge >= 0.3 is 0 Å². The molecule has 1 saturated heterocycles. The summed E-state index contributed by atoms with van der Waals surface area (Å²) in [6.45, 7) is 6.49. The fourth-order valence-electron chi connectivity index (χ4n) is 5.23. The smallest absolute Gasteiger partial charge is 0.236 e. The molecule has 0 spiro atoms. The van der Waals surface area contributed by atoms with E-state index in [-0.39, 0.29) is 17.1 Å². The van der Waals surface area contributed by atoms with Crippen LogP contribution in [0.15, 0.2) is 49.1 Å². The van der Waals surface area contributed by atoms with Gasteiger partial charge in [0.2, 0.25) is 5.95 Å². The second-order valence-corrected chi connectivity index (χ2v) is 10.7. The number of anilines is 3. The summed E-state index contributed by atoms with van der Waals surface area (Å²) in [6, 6.07) is 7.27. The summed E-state index contributed by atoms with van der Waals surface area (Å²) in [4.78, 5) is 22.6. The Labute approximate surface area is 215 Å². The molecule has 190 valence electrons. The molecular weight excluding hydrogens is 467 g/mol. The van der Waals surface area contributed by atoms with Crippen molar-refractivity contribution in [2.75, 3.05) is 23.7 Å². The fraction of sp³-hybridized carbons (Fsp3) is 0.393. The molecule has 2 fully saturated rings. The number of fused-ring (bicyclic) bond motifs is 1. The van der Waals surface area contributed by atoms with E-state index in [0.29, 0.717) is 17.6 Å². The molecule has 6 rings (SSSR count). The number of aromatic nitrogens is 5. The van der Waals surface area contributed by atoms with E-state index in [1.807, 2.05) is 24.5 Å². The minimum absolute atomic E-state index is 0.0703. The monoisotopic (exact) mass is 498 g/mol. The van der Waals surface area contributed by atoms with E-state index in [0.717, 1.165) is 41.8 Å². The number of halogens is 1. The van der Waals surface area contributed by atoms with Crippen molar-refractivity contribution in [1.29, 1.82) is 0 Å². The topological polar surface area (TPSA) is 101 Å². The summed E-state index contributed by atoms with van der Waals surface area (Å²) < 4.78 is 14.1. The molecule has 0 bridgehead atoms. The van der Waals surface area contributed by atoms with Crippen LogP contribution in [0.1, 0.15) is 51.0 Å². The van der Waals surface area contributed by atoms with Crippen molar-refractivity contribution >= 4 is 28.2 Å². The van der Waals surface area contributed by atoms with Crippen LogP contribution in [0.2, 0.25) is 0 Å². The molecule has 5 heterocycles. The van der Waals surface area contributed by atoms with Gasteiger partial charge in [0.25, 0.3) is 0 Å². The molecule has 0 aromatic carbocycles. The zero-order chi connectivity index (χ0) is 25.4. The van der Waals surface area contributed by atoms with E-state index in [4.69, 9.17) is 9.97 Å². The van der Waals surface area contributed by atoms with E-state index < -0.39 is 5.95 Å². The van der Waals surface area contributed by atoms with Crippen LogP contribution in [0.4, 0.5) is 21.7 Å². The normalized spacial score (nSPS) is 19.4. The van der Waals surface area contributed by atoms with Gasteiger partial charge in [0, 0.05) is 42.1 Å². The molecule has 1 atom stereocenters. The van der Waals surface area contributed by atoms with E-state index in [2.05, 4.69) is 44.7 Å². The Morgan fingerprint density at radius 3 is 2.73 bits per heavy atom. The first-order valence-corrected chi connectivity index (χ1v) is 12.9. The molecule has 1 unspecified atom stereocenters. The van der Waals surface area contributed by atoms with Gasteiger partial charge in [-0.1, -0.05) is 20.3 Å². The van der Waals surface area contributed by atoms with E-state index in [1.165, 1.54) is 31.0 Å². The molecule has 4 aromatic heterocycles. The van der Waals surface area contributed by atoms with Crippen LogP contribution in [0.25, 0.3) is 22.3 Å². The van der Waals surface area contributed by atoms with Crippen LogP contribution in [-0.2, 0) is 0 Å². The molecule has 0 amide bonds. The highest BCUT2D eigenvalue weighted by Gasteiger charge is 2.33. The van der Waals surface area contributed by atoms with Crippen molar-refractivity contribution in [3.05, 3.63) is 60.6 Å². The van der Waals surface area contributed by atoms with Crippen LogP contribution < -0.4 is 16.0 Å². The average Bonchev–Trinajstić information content (AvgIpc) is 2.86. The first kappa shape index (κ1) is 23.7. The molecule has 8 nitrogen and oxygen atoms in total. The summed E-state index contributed by atoms with van der Waals surface area (Å²) in [5.74, 6) is 1.84.